The van der Waals surface area contributed by atoms with Gasteiger partial charge in [-0.3, -0.25) is 4.79 Å². The molecule has 1 aliphatic carbocycles. The summed E-state index contributed by atoms with van der Waals surface area (Å²) in [6.45, 7) is 0. The number of benzene rings is 1. The van der Waals surface area contributed by atoms with E-state index in [9.17, 15) is 23.1 Å². The van der Waals surface area contributed by atoms with E-state index < -0.39 is 24.2 Å². The van der Waals surface area contributed by atoms with Gasteiger partial charge in [0.1, 0.15) is 0 Å². The molecule has 24 heavy (non-hydrogen) atoms. The maximum Gasteiger partial charge on any atom is 0.438 e. The Morgan fingerprint density at radius 1 is 1.33 bits per heavy atom. The van der Waals surface area contributed by atoms with Gasteiger partial charge in [0.25, 0.3) is 5.72 Å². The second-order valence-corrected chi connectivity index (χ2v) is 6.80. The van der Waals surface area contributed by atoms with Crippen molar-refractivity contribution in [2.24, 2.45) is 11.0 Å². The van der Waals surface area contributed by atoms with E-state index in [1.165, 1.54) is 18.2 Å². The number of aliphatic hydroxyl groups is 1. The molecule has 2 aliphatic rings. The first-order chi connectivity index (χ1) is 11.1. The monoisotopic (exact) mass is 380 g/mol. The molecule has 1 N–H and O–H groups in total. The summed E-state index contributed by atoms with van der Waals surface area (Å²) >= 11 is 11.6. The third kappa shape index (κ3) is 3.12. The molecule has 1 amide bonds. The number of hydrazone groups is 1. The van der Waals surface area contributed by atoms with Gasteiger partial charge in [0.05, 0.1) is 16.5 Å². The molecule has 1 atom stereocenters. The summed E-state index contributed by atoms with van der Waals surface area (Å²) in [4.78, 5) is 12.3. The maximum absolute atomic E-state index is 13.3. The van der Waals surface area contributed by atoms with Crippen LogP contribution in [-0.2, 0) is 11.2 Å². The van der Waals surface area contributed by atoms with Gasteiger partial charge in [0.2, 0.25) is 5.91 Å². The lowest BCUT2D eigenvalue weighted by Crippen LogP contribution is -2.57. The maximum atomic E-state index is 13.3. The molecule has 0 spiro atoms. The molecule has 0 bridgehead atoms. The highest BCUT2D eigenvalue weighted by Gasteiger charge is 2.64. The van der Waals surface area contributed by atoms with E-state index in [4.69, 9.17) is 23.2 Å². The Morgan fingerprint density at radius 2 is 2.00 bits per heavy atom. The molecule has 1 aromatic carbocycles. The second-order valence-electron chi connectivity index (χ2n) is 5.99. The Balaban J connectivity index is 1.86. The van der Waals surface area contributed by atoms with E-state index >= 15 is 0 Å². The molecule has 1 fully saturated rings. The zero-order valence-corrected chi connectivity index (χ0v) is 13.8. The van der Waals surface area contributed by atoms with Gasteiger partial charge >= 0.3 is 6.18 Å². The number of halogens is 5. The van der Waals surface area contributed by atoms with Crippen LogP contribution in [0.3, 0.4) is 0 Å². The minimum absolute atomic E-state index is 0.0818. The quantitative estimate of drug-likeness (QED) is 0.867. The van der Waals surface area contributed by atoms with Crippen LogP contribution in [0.4, 0.5) is 13.2 Å². The van der Waals surface area contributed by atoms with Crippen molar-refractivity contribution in [3.63, 3.8) is 0 Å². The van der Waals surface area contributed by atoms with Gasteiger partial charge < -0.3 is 5.11 Å². The van der Waals surface area contributed by atoms with Crippen LogP contribution in [-0.4, -0.2) is 33.6 Å². The molecular weight excluding hydrogens is 368 g/mol. The number of amides is 1. The summed E-state index contributed by atoms with van der Waals surface area (Å²) in [5, 5.41) is 14.5. The zero-order chi connectivity index (χ0) is 17.7. The van der Waals surface area contributed by atoms with Gasteiger partial charge in [-0.15, -0.1) is 0 Å². The molecule has 0 radical (unpaired) electrons. The predicted octanol–water partition coefficient (Wildman–Crippen LogP) is 3.79. The highest BCUT2D eigenvalue weighted by atomic mass is 35.5. The summed E-state index contributed by atoms with van der Waals surface area (Å²) in [6.07, 6.45) is -4.63. The lowest BCUT2D eigenvalue weighted by atomic mass is 10.0. The Hall–Kier alpha value is -1.31. The highest BCUT2D eigenvalue weighted by Crippen LogP contribution is 2.45. The molecule has 1 saturated carbocycles. The summed E-state index contributed by atoms with van der Waals surface area (Å²) in [5.41, 5.74) is -2.69. The third-order valence-electron chi connectivity index (χ3n) is 4.08. The molecule has 0 aromatic heterocycles. The molecule has 1 unspecified atom stereocenters. The summed E-state index contributed by atoms with van der Waals surface area (Å²) in [7, 11) is 0. The van der Waals surface area contributed by atoms with Crippen molar-refractivity contribution < 1.29 is 23.1 Å². The Morgan fingerprint density at radius 3 is 2.54 bits per heavy atom. The van der Waals surface area contributed by atoms with Gasteiger partial charge in [-0.1, -0.05) is 29.3 Å². The van der Waals surface area contributed by atoms with E-state index in [-0.39, 0.29) is 33.1 Å². The van der Waals surface area contributed by atoms with Crippen molar-refractivity contribution in [2.45, 2.75) is 37.6 Å². The minimum Gasteiger partial charge on any atom is -0.362 e. The summed E-state index contributed by atoms with van der Waals surface area (Å²) in [6, 6.07) is 4.34. The third-order valence-corrected chi connectivity index (χ3v) is 4.82. The average Bonchev–Trinajstić information content (AvgIpc) is 3.25. The van der Waals surface area contributed by atoms with Crippen LogP contribution in [0.25, 0.3) is 0 Å². The summed E-state index contributed by atoms with van der Waals surface area (Å²) in [5.74, 6) is -1.04. The molecule has 130 valence electrons. The average molecular weight is 381 g/mol. The SMILES string of the molecule is O=C(Cc1ccc(Cl)c(Cl)c1)N1N=C(C2CC2)CC1(O)C(F)(F)F. The van der Waals surface area contributed by atoms with Crippen LogP contribution in [0.15, 0.2) is 23.3 Å². The van der Waals surface area contributed by atoms with Crippen molar-refractivity contribution >= 4 is 34.8 Å². The number of carbonyl (C=O) groups excluding carboxylic acids is 1. The number of hydrogen-bond donors (Lipinski definition) is 1. The van der Waals surface area contributed by atoms with Crippen LogP contribution in [0.5, 0.6) is 0 Å². The number of alkyl halides is 3. The second kappa shape index (κ2) is 5.89. The highest BCUT2D eigenvalue weighted by molar-refractivity contribution is 6.42. The lowest BCUT2D eigenvalue weighted by molar-refractivity contribution is -0.302. The van der Waals surface area contributed by atoms with E-state index in [0.29, 0.717) is 5.56 Å². The topological polar surface area (TPSA) is 52.9 Å². The summed E-state index contributed by atoms with van der Waals surface area (Å²) < 4.78 is 39.9. The van der Waals surface area contributed by atoms with Gasteiger partial charge in [-0.05, 0) is 36.5 Å². The van der Waals surface area contributed by atoms with Crippen LogP contribution in [0.1, 0.15) is 24.8 Å². The van der Waals surface area contributed by atoms with Crippen molar-refractivity contribution in [1.29, 1.82) is 0 Å². The molecule has 9 heteroatoms. The fraction of sp³-hybridized carbons (Fsp3) is 0.467. The van der Waals surface area contributed by atoms with Crippen LogP contribution in [0, 0.1) is 5.92 Å². The fourth-order valence-electron chi connectivity index (χ4n) is 2.60. The Labute approximate surface area is 145 Å². The van der Waals surface area contributed by atoms with E-state index in [1.807, 2.05) is 0 Å². The van der Waals surface area contributed by atoms with Gasteiger partial charge in [-0.2, -0.15) is 23.3 Å². The van der Waals surface area contributed by atoms with E-state index in [2.05, 4.69) is 5.10 Å². The number of carbonyl (C=O) groups is 1. The lowest BCUT2D eigenvalue weighted by Gasteiger charge is -2.32. The van der Waals surface area contributed by atoms with Crippen molar-refractivity contribution in [1.82, 2.24) is 5.01 Å². The smallest absolute Gasteiger partial charge is 0.362 e. The first kappa shape index (κ1) is 17.5. The molecule has 1 aliphatic heterocycles. The number of rotatable bonds is 3. The molecular formula is C15H13Cl2F3N2O2. The number of nitrogens with zero attached hydrogens (tertiary/aromatic N) is 2. The first-order valence-corrected chi connectivity index (χ1v) is 8.01. The van der Waals surface area contributed by atoms with Crippen LogP contribution < -0.4 is 0 Å². The van der Waals surface area contributed by atoms with Crippen molar-refractivity contribution in [2.75, 3.05) is 0 Å². The normalized spacial score (nSPS) is 24.2. The molecule has 3 rings (SSSR count). The largest absolute Gasteiger partial charge is 0.438 e. The van der Waals surface area contributed by atoms with Crippen molar-refractivity contribution in [3.8, 4) is 0 Å². The Kier molecular flexibility index (Phi) is 4.30. The van der Waals surface area contributed by atoms with Crippen molar-refractivity contribution in [3.05, 3.63) is 33.8 Å². The van der Waals surface area contributed by atoms with Crippen LogP contribution >= 0.6 is 23.2 Å². The van der Waals surface area contributed by atoms with Gasteiger partial charge in [0.15, 0.2) is 0 Å². The molecule has 1 aromatic rings. The standard InChI is InChI=1S/C15H13Cl2F3N2O2/c16-10-4-1-8(5-11(10)17)6-13(23)22-14(24,15(18,19)20)7-12(21-22)9-2-3-9/h1,4-5,9,24H,2-3,6-7H2. The number of hydrogen-bond acceptors (Lipinski definition) is 3. The zero-order valence-electron chi connectivity index (χ0n) is 12.3. The molecule has 1 heterocycles. The van der Waals surface area contributed by atoms with Gasteiger partial charge in [0, 0.05) is 12.1 Å². The van der Waals surface area contributed by atoms with Crippen LogP contribution in [0.2, 0.25) is 10.0 Å². The van der Waals surface area contributed by atoms with Gasteiger partial charge in [-0.25, -0.2) is 0 Å². The van der Waals surface area contributed by atoms with E-state index in [1.54, 1.807) is 0 Å². The minimum atomic E-state index is -5.00. The molecule has 0 saturated heterocycles. The fourth-order valence-corrected chi connectivity index (χ4v) is 2.92. The molecule has 4 nitrogen and oxygen atoms in total. The Bertz CT molecular complexity index is 719. The predicted molar refractivity (Wildman–Crippen MR) is 82.8 cm³/mol. The first-order valence-electron chi connectivity index (χ1n) is 7.25. The van der Waals surface area contributed by atoms with E-state index in [0.717, 1.165) is 12.8 Å².